The molecule has 0 aromatic rings. The molecule has 0 amide bonds. The Kier molecular flexibility index (Phi) is 3.02. The molecule has 3 nitrogen and oxygen atoms in total. The number of likely N-dealkylation sites (tertiary alicyclic amines) is 1. The van der Waals surface area contributed by atoms with Crippen LogP contribution in [-0.2, 0) is 4.79 Å². The molecule has 64 valence electrons. The lowest BCUT2D eigenvalue weighted by molar-refractivity contribution is -0.112. The Bertz CT molecular complexity index is 126. The van der Waals surface area contributed by atoms with Crippen molar-refractivity contribution in [2.45, 2.75) is 19.4 Å². The second-order valence-electron chi connectivity index (χ2n) is 2.99. The van der Waals surface area contributed by atoms with Crippen molar-refractivity contribution in [2.75, 3.05) is 19.7 Å². The van der Waals surface area contributed by atoms with Crippen LogP contribution >= 0.6 is 0 Å². The maximum atomic E-state index is 10.6. The Hall–Kier alpha value is -0.410. The second-order valence-corrected chi connectivity index (χ2v) is 2.99. The average molecular weight is 157 g/mol. The zero-order valence-electron chi connectivity index (χ0n) is 6.86. The molecule has 3 heteroatoms. The van der Waals surface area contributed by atoms with Crippen LogP contribution < -0.4 is 0 Å². The van der Waals surface area contributed by atoms with Gasteiger partial charge in [-0.25, -0.2) is 0 Å². The van der Waals surface area contributed by atoms with E-state index in [-0.39, 0.29) is 18.6 Å². The van der Waals surface area contributed by atoms with Gasteiger partial charge < -0.3 is 9.90 Å². The van der Waals surface area contributed by atoms with Gasteiger partial charge in [0.15, 0.2) is 0 Å². The van der Waals surface area contributed by atoms with Crippen LogP contribution in [0.3, 0.4) is 0 Å². The lowest BCUT2D eigenvalue weighted by Crippen LogP contribution is -2.34. The first-order valence-electron chi connectivity index (χ1n) is 4.13. The van der Waals surface area contributed by atoms with E-state index in [0.717, 1.165) is 25.8 Å². The fourth-order valence-electron chi connectivity index (χ4n) is 1.72. The summed E-state index contributed by atoms with van der Waals surface area (Å²) in [5.41, 5.74) is 0. The molecule has 0 bridgehead atoms. The molecule has 0 aromatic carbocycles. The van der Waals surface area contributed by atoms with E-state index in [1.165, 1.54) is 0 Å². The molecule has 1 heterocycles. The summed E-state index contributed by atoms with van der Waals surface area (Å²) in [5.74, 6) is 0.174. The number of aliphatic hydroxyl groups excluding tert-OH is 1. The SMILES string of the molecule is CCN1CCC(CO)C1C=O. The molecular weight excluding hydrogens is 142 g/mol. The van der Waals surface area contributed by atoms with Gasteiger partial charge in [0.25, 0.3) is 0 Å². The predicted octanol–water partition coefficient (Wildman–Crippen LogP) is -0.112. The minimum absolute atomic E-state index is 0.0370. The third-order valence-electron chi connectivity index (χ3n) is 2.47. The van der Waals surface area contributed by atoms with Crippen molar-refractivity contribution in [1.29, 1.82) is 0 Å². The maximum absolute atomic E-state index is 10.6. The van der Waals surface area contributed by atoms with Gasteiger partial charge >= 0.3 is 0 Å². The molecule has 0 radical (unpaired) electrons. The standard InChI is InChI=1S/C8H15NO2/c1-2-9-4-3-7(5-10)8(9)6-11/h6-8,10H,2-5H2,1H3. The quantitative estimate of drug-likeness (QED) is 0.581. The molecule has 1 N–H and O–H groups in total. The summed E-state index contributed by atoms with van der Waals surface area (Å²) in [6.07, 6.45) is 1.91. The van der Waals surface area contributed by atoms with E-state index in [9.17, 15) is 4.79 Å². The topological polar surface area (TPSA) is 40.5 Å². The summed E-state index contributed by atoms with van der Waals surface area (Å²) in [4.78, 5) is 12.7. The van der Waals surface area contributed by atoms with Gasteiger partial charge in [0.2, 0.25) is 0 Å². The summed E-state index contributed by atoms with van der Waals surface area (Å²) in [5, 5.41) is 8.90. The number of carbonyl (C=O) groups excluding carboxylic acids is 1. The number of likely N-dealkylation sites (N-methyl/N-ethyl adjacent to an activating group) is 1. The lowest BCUT2D eigenvalue weighted by Gasteiger charge is -2.20. The van der Waals surface area contributed by atoms with Crippen LogP contribution in [0.1, 0.15) is 13.3 Å². The van der Waals surface area contributed by atoms with E-state index in [0.29, 0.717) is 0 Å². The van der Waals surface area contributed by atoms with E-state index in [4.69, 9.17) is 5.11 Å². The molecular formula is C8H15NO2. The fraction of sp³-hybridized carbons (Fsp3) is 0.875. The average Bonchev–Trinajstić information content (AvgIpc) is 2.45. The normalized spacial score (nSPS) is 32.5. The van der Waals surface area contributed by atoms with Crippen LogP contribution in [0.5, 0.6) is 0 Å². The number of aldehydes is 1. The van der Waals surface area contributed by atoms with Gasteiger partial charge in [0.1, 0.15) is 6.29 Å². The second kappa shape index (κ2) is 3.83. The smallest absolute Gasteiger partial charge is 0.137 e. The van der Waals surface area contributed by atoms with Gasteiger partial charge in [0.05, 0.1) is 6.04 Å². The van der Waals surface area contributed by atoms with Crippen LogP contribution in [0.4, 0.5) is 0 Å². The summed E-state index contributed by atoms with van der Waals surface area (Å²) >= 11 is 0. The highest BCUT2D eigenvalue weighted by molar-refractivity contribution is 5.58. The highest BCUT2D eigenvalue weighted by atomic mass is 16.3. The third kappa shape index (κ3) is 1.60. The van der Waals surface area contributed by atoms with Crippen LogP contribution in [0.2, 0.25) is 0 Å². The Balaban J connectivity index is 2.54. The third-order valence-corrected chi connectivity index (χ3v) is 2.47. The lowest BCUT2D eigenvalue weighted by atomic mass is 10.0. The first kappa shape index (κ1) is 8.68. The molecule has 2 atom stereocenters. The molecule has 2 unspecified atom stereocenters. The number of hydrogen-bond donors (Lipinski definition) is 1. The number of carbonyl (C=O) groups is 1. The minimum Gasteiger partial charge on any atom is -0.396 e. The monoisotopic (exact) mass is 157 g/mol. The van der Waals surface area contributed by atoms with E-state index < -0.39 is 0 Å². The molecule has 0 saturated carbocycles. The fourth-order valence-corrected chi connectivity index (χ4v) is 1.72. The highest BCUT2D eigenvalue weighted by Crippen LogP contribution is 2.21. The van der Waals surface area contributed by atoms with Crippen LogP contribution in [-0.4, -0.2) is 42.0 Å². The predicted molar refractivity (Wildman–Crippen MR) is 42.3 cm³/mol. The van der Waals surface area contributed by atoms with Crippen molar-refractivity contribution in [2.24, 2.45) is 5.92 Å². The Morgan fingerprint density at radius 2 is 2.45 bits per heavy atom. The number of aliphatic hydroxyl groups is 1. The Morgan fingerprint density at radius 3 is 2.91 bits per heavy atom. The molecule has 11 heavy (non-hydrogen) atoms. The summed E-state index contributed by atoms with van der Waals surface area (Å²) < 4.78 is 0. The van der Waals surface area contributed by atoms with Gasteiger partial charge in [-0.15, -0.1) is 0 Å². The summed E-state index contributed by atoms with van der Waals surface area (Å²) in [7, 11) is 0. The first-order valence-corrected chi connectivity index (χ1v) is 4.13. The highest BCUT2D eigenvalue weighted by Gasteiger charge is 2.31. The van der Waals surface area contributed by atoms with Gasteiger partial charge in [-0.05, 0) is 19.5 Å². The first-order chi connectivity index (χ1) is 5.33. The minimum atomic E-state index is -0.0370. The molecule has 1 aliphatic heterocycles. The summed E-state index contributed by atoms with van der Waals surface area (Å²) in [6, 6.07) is -0.0370. The Labute approximate surface area is 67.0 Å². The van der Waals surface area contributed by atoms with Gasteiger partial charge in [-0.1, -0.05) is 6.92 Å². The molecule has 1 aliphatic rings. The van der Waals surface area contributed by atoms with Crippen molar-refractivity contribution in [3.8, 4) is 0 Å². The molecule has 1 rings (SSSR count). The molecule has 0 spiro atoms. The van der Waals surface area contributed by atoms with Crippen LogP contribution in [0, 0.1) is 5.92 Å². The van der Waals surface area contributed by atoms with E-state index in [1.807, 2.05) is 6.92 Å². The van der Waals surface area contributed by atoms with Crippen molar-refractivity contribution in [3.05, 3.63) is 0 Å². The number of rotatable bonds is 3. The van der Waals surface area contributed by atoms with Gasteiger partial charge in [0, 0.05) is 12.5 Å². The van der Waals surface area contributed by atoms with Gasteiger partial charge in [-0.3, -0.25) is 4.90 Å². The largest absolute Gasteiger partial charge is 0.396 e. The summed E-state index contributed by atoms with van der Waals surface area (Å²) in [6.45, 7) is 4.03. The van der Waals surface area contributed by atoms with Gasteiger partial charge in [-0.2, -0.15) is 0 Å². The zero-order chi connectivity index (χ0) is 8.27. The Morgan fingerprint density at radius 1 is 1.73 bits per heavy atom. The number of nitrogens with zero attached hydrogens (tertiary/aromatic N) is 1. The van der Waals surface area contributed by atoms with Crippen LogP contribution in [0.15, 0.2) is 0 Å². The zero-order valence-corrected chi connectivity index (χ0v) is 6.86. The van der Waals surface area contributed by atoms with Crippen molar-refractivity contribution >= 4 is 6.29 Å². The molecule has 0 aromatic heterocycles. The number of hydrogen-bond acceptors (Lipinski definition) is 3. The maximum Gasteiger partial charge on any atom is 0.137 e. The van der Waals surface area contributed by atoms with Crippen LogP contribution in [0.25, 0.3) is 0 Å². The molecule has 1 saturated heterocycles. The van der Waals surface area contributed by atoms with Crippen molar-refractivity contribution in [3.63, 3.8) is 0 Å². The van der Waals surface area contributed by atoms with E-state index in [2.05, 4.69) is 4.90 Å². The molecule has 0 aliphatic carbocycles. The van der Waals surface area contributed by atoms with E-state index >= 15 is 0 Å². The molecule has 1 fully saturated rings. The van der Waals surface area contributed by atoms with Crippen molar-refractivity contribution < 1.29 is 9.90 Å². The van der Waals surface area contributed by atoms with Crippen molar-refractivity contribution in [1.82, 2.24) is 4.90 Å². The van der Waals surface area contributed by atoms with E-state index in [1.54, 1.807) is 0 Å².